The lowest BCUT2D eigenvalue weighted by molar-refractivity contribution is 0.107. The number of rotatable bonds is 5. The van der Waals surface area contributed by atoms with Gasteiger partial charge in [0.2, 0.25) is 0 Å². The molecule has 0 aliphatic carbocycles. The van der Waals surface area contributed by atoms with Crippen molar-refractivity contribution in [1.82, 2.24) is 9.80 Å². The van der Waals surface area contributed by atoms with Crippen LogP contribution in [0.15, 0.2) is 54.6 Å². The minimum Gasteiger partial charge on any atom is -0.378 e. The van der Waals surface area contributed by atoms with Crippen molar-refractivity contribution in [2.45, 2.75) is 51.4 Å². The Morgan fingerprint density at radius 1 is 1.07 bits per heavy atom. The van der Waals surface area contributed by atoms with E-state index in [0.29, 0.717) is 6.04 Å². The molecule has 3 rings (SSSR count). The Balaban J connectivity index is 1.55. The maximum Gasteiger partial charge on any atom is 0.120 e. The summed E-state index contributed by atoms with van der Waals surface area (Å²) in [6.07, 6.45) is 2.52. The monoisotopic (exact) mass is 376 g/mol. The molecule has 1 N–H and O–H groups in total. The van der Waals surface area contributed by atoms with Gasteiger partial charge in [0.1, 0.15) is 5.60 Å². The van der Waals surface area contributed by atoms with Crippen molar-refractivity contribution in [2.75, 3.05) is 20.1 Å². The van der Waals surface area contributed by atoms with Crippen LogP contribution in [0.2, 0.25) is 0 Å². The third-order valence-electron chi connectivity index (χ3n) is 5.25. The number of likely N-dealkylation sites (N-methyl/N-ethyl adjacent to an activating group) is 1. The summed E-state index contributed by atoms with van der Waals surface area (Å²) in [6, 6.07) is 19.8. The first-order valence-electron chi connectivity index (χ1n) is 10.2. The molecule has 1 heterocycles. The molecule has 148 valence electrons. The van der Waals surface area contributed by atoms with Gasteiger partial charge >= 0.3 is 0 Å². The van der Waals surface area contributed by atoms with Crippen molar-refractivity contribution in [3.63, 3.8) is 0 Å². The standard InChI is InChI=1S/C25H32N2O/c1-25(2,28)16-15-21-11-13-23(14-12-21)19-27-17-7-10-24(20-27)26(3)18-22-8-5-4-6-9-22/h4-6,8-9,11-14,24,28H,7,10,17-20H2,1-3H3/t24-/m1/s1. The average Bonchev–Trinajstić information content (AvgIpc) is 2.68. The van der Waals surface area contributed by atoms with Crippen molar-refractivity contribution < 1.29 is 5.11 Å². The summed E-state index contributed by atoms with van der Waals surface area (Å²) in [7, 11) is 2.25. The van der Waals surface area contributed by atoms with E-state index in [4.69, 9.17) is 0 Å². The van der Waals surface area contributed by atoms with Crippen LogP contribution >= 0.6 is 0 Å². The van der Waals surface area contributed by atoms with E-state index < -0.39 is 5.60 Å². The van der Waals surface area contributed by atoms with E-state index in [1.54, 1.807) is 13.8 Å². The molecule has 0 radical (unpaired) electrons. The van der Waals surface area contributed by atoms with Gasteiger partial charge in [-0.3, -0.25) is 9.80 Å². The Morgan fingerprint density at radius 2 is 1.79 bits per heavy atom. The molecule has 0 bridgehead atoms. The highest BCUT2D eigenvalue weighted by atomic mass is 16.3. The molecule has 0 saturated carbocycles. The topological polar surface area (TPSA) is 26.7 Å². The van der Waals surface area contributed by atoms with Crippen LogP contribution in [0.25, 0.3) is 0 Å². The third kappa shape index (κ3) is 6.49. The highest BCUT2D eigenvalue weighted by molar-refractivity contribution is 5.37. The molecule has 0 spiro atoms. The van der Waals surface area contributed by atoms with Gasteiger partial charge in [-0.15, -0.1) is 0 Å². The van der Waals surface area contributed by atoms with Gasteiger partial charge in [-0.1, -0.05) is 54.3 Å². The molecule has 28 heavy (non-hydrogen) atoms. The van der Waals surface area contributed by atoms with Crippen molar-refractivity contribution in [1.29, 1.82) is 0 Å². The zero-order valence-electron chi connectivity index (χ0n) is 17.4. The van der Waals surface area contributed by atoms with E-state index in [-0.39, 0.29) is 0 Å². The molecule has 1 aliphatic heterocycles. The number of hydrogen-bond acceptors (Lipinski definition) is 3. The van der Waals surface area contributed by atoms with Gasteiger partial charge in [-0.2, -0.15) is 0 Å². The molecule has 3 nitrogen and oxygen atoms in total. The predicted octanol–water partition coefficient (Wildman–Crippen LogP) is 3.91. The Kier molecular flexibility index (Phi) is 6.91. The van der Waals surface area contributed by atoms with E-state index in [0.717, 1.165) is 31.7 Å². The quantitative estimate of drug-likeness (QED) is 0.802. The summed E-state index contributed by atoms with van der Waals surface area (Å²) in [4.78, 5) is 5.06. The Bertz CT molecular complexity index is 796. The molecular weight excluding hydrogens is 344 g/mol. The zero-order valence-corrected chi connectivity index (χ0v) is 17.4. The summed E-state index contributed by atoms with van der Waals surface area (Å²) in [6.45, 7) is 7.67. The van der Waals surface area contributed by atoms with Crippen LogP contribution in [0.4, 0.5) is 0 Å². The van der Waals surface area contributed by atoms with Crippen LogP contribution in [0.5, 0.6) is 0 Å². The second-order valence-electron chi connectivity index (χ2n) is 8.44. The second-order valence-corrected chi connectivity index (χ2v) is 8.44. The first-order chi connectivity index (χ1) is 13.4. The molecule has 3 heteroatoms. The van der Waals surface area contributed by atoms with Crippen LogP contribution in [-0.4, -0.2) is 46.7 Å². The van der Waals surface area contributed by atoms with Crippen LogP contribution in [0, 0.1) is 11.8 Å². The first-order valence-corrected chi connectivity index (χ1v) is 10.2. The van der Waals surface area contributed by atoms with Gasteiger partial charge in [0, 0.05) is 31.2 Å². The van der Waals surface area contributed by atoms with Crippen LogP contribution < -0.4 is 0 Å². The molecule has 0 aromatic heterocycles. The van der Waals surface area contributed by atoms with Gasteiger partial charge in [0.05, 0.1) is 0 Å². The number of aliphatic hydroxyl groups is 1. The molecule has 1 atom stereocenters. The number of piperidine rings is 1. The minimum absolute atomic E-state index is 0.603. The van der Waals surface area contributed by atoms with E-state index in [2.05, 4.69) is 83.3 Å². The Hall–Kier alpha value is -2.12. The zero-order chi connectivity index (χ0) is 20.0. The summed E-state index contributed by atoms with van der Waals surface area (Å²) in [5.41, 5.74) is 2.70. The van der Waals surface area contributed by atoms with Crippen LogP contribution in [0.3, 0.4) is 0 Å². The third-order valence-corrected chi connectivity index (χ3v) is 5.25. The predicted molar refractivity (Wildman–Crippen MR) is 116 cm³/mol. The fourth-order valence-electron chi connectivity index (χ4n) is 3.71. The lowest BCUT2D eigenvalue weighted by atomic mass is 10.0. The summed E-state index contributed by atoms with van der Waals surface area (Å²) >= 11 is 0. The second kappa shape index (κ2) is 9.39. The largest absolute Gasteiger partial charge is 0.378 e. The summed E-state index contributed by atoms with van der Waals surface area (Å²) in [5.74, 6) is 5.91. The molecular formula is C25H32N2O. The molecule has 1 fully saturated rings. The van der Waals surface area contributed by atoms with E-state index in [9.17, 15) is 5.11 Å². The van der Waals surface area contributed by atoms with E-state index in [1.807, 2.05) is 0 Å². The fourth-order valence-corrected chi connectivity index (χ4v) is 3.71. The fraction of sp³-hybridized carbons (Fsp3) is 0.440. The van der Waals surface area contributed by atoms with Crippen molar-refractivity contribution >= 4 is 0 Å². The lowest BCUT2D eigenvalue weighted by Crippen LogP contribution is -2.45. The summed E-state index contributed by atoms with van der Waals surface area (Å²) < 4.78 is 0. The van der Waals surface area contributed by atoms with Crippen molar-refractivity contribution in [3.05, 3.63) is 71.3 Å². The Labute approximate surface area is 170 Å². The van der Waals surface area contributed by atoms with Gasteiger partial charge in [0.15, 0.2) is 0 Å². The molecule has 0 amide bonds. The molecule has 2 aromatic carbocycles. The number of hydrogen-bond donors (Lipinski definition) is 1. The van der Waals surface area contributed by atoms with Gasteiger partial charge in [-0.05, 0) is 63.5 Å². The first kappa shape index (κ1) is 20.6. The summed E-state index contributed by atoms with van der Waals surface area (Å²) in [5, 5.41) is 9.73. The maximum atomic E-state index is 9.73. The SMILES string of the molecule is CN(Cc1ccccc1)[C@@H]1CCCN(Cc2ccc(C#CC(C)(C)O)cc2)C1. The molecule has 0 unspecified atom stereocenters. The van der Waals surface area contributed by atoms with E-state index in [1.165, 1.54) is 24.0 Å². The highest BCUT2D eigenvalue weighted by Gasteiger charge is 2.23. The number of benzene rings is 2. The van der Waals surface area contributed by atoms with Gasteiger partial charge in [0.25, 0.3) is 0 Å². The molecule has 1 saturated heterocycles. The molecule has 2 aromatic rings. The smallest absolute Gasteiger partial charge is 0.120 e. The lowest BCUT2D eigenvalue weighted by Gasteiger charge is -2.37. The maximum absolute atomic E-state index is 9.73. The Morgan fingerprint density at radius 3 is 2.46 bits per heavy atom. The normalized spacial score (nSPS) is 18.0. The number of nitrogens with zero attached hydrogens (tertiary/aromatic N) is 2. The molecule has 1 aliphatic rings. The van der Waals surface area contributed by atoms with Crippen LogP contribution in [0.1, 0.15) is 43.4 Å². The average molecular weight is 377 g/mol. The minimum atomic E-state index is -0.951. The van der Waals surface area contributed by atoms with Crippen molar-refractivity contribution in [3.8, 4) is 11.8 Å². The van der Waals surface area contributed by atoms with Gasteiger partial charge < -0.3 is 5.11 Å². The highest BCUT2D eigenvalue weighted by Crippen LogP contribution is 2.19. The van der Waals surface area contributed by atoms with E-state index >= 15 is 0 Å². The number of likely N-dealkylation sites (tertiary alicyclic amines) is 1. The van der Waals surface area contributed by atoms with Gasteiger partial charge in [-0.25, -0.2) is 0 Å². The van der Waals surface area contributed by atoms with Crippen LogP contribution in [-0.2, 0) is 13.1 Å². The van der Waals surface area contributed by atoms with Crippen molar-refractivity contribution in [2.24, 2.45) is 0 Å².